The van der Waals surface area contributed by atoms with Crippen molar-refractivity contribution >= 4 is 11.6 Å². The van der Waals surface area contributed by atoms with Crippen LogP contribution in [0, 0.1) is 0 Å². The van der Waals surface area contributed by atoms with Gasteiger partial charge in [-0.05, 0) is 23.3 Å². The van der Waals surface area contributed by atoms with Gasteiger partial charge >= 0.3 is 0 Å². The van der Waals surface area contributed by atoms with Gasteiger partial charge in [0.15, 0.2) is 0 Å². The van der Waals surface area contributed by atoms with Gasteiger partial charge in [-0.3, -0.25) is 0 Å². The molecule has 3 aromatic rings. The summed E-state index contributed by atoms with van der Waals surface area (Å²) in [5, 5.41) is 3.17. The lowest BCUT2D eigenvalue weighted by Crippen LogP contribution is -1.98. The first kappa shape index (κ1) is 12.4. The molecule has 0 unspecified atom stereocenters. The molecule has 0 atom stereocenters. The van der Waals surface area contributed by atoms with Crippen LogP contribution in [0.5, 0.6) is 0 Å². The first-order valence-electron chi connectivity index (χ1n) is 6.57. The maximum atomic E-state index is 4.35. The molecule has 0 aliphatic carbocycles. The van der Waals surface area contributed by atoms with Gasteiger partial charge in [0, 0.05) is 24.5 Å². The molecule has 0 saturated heterocycles. The second kappa shape index (κ2) is 5.97. The summed E-state index contributed by atoms with van der Waals surface area (Å²) in [6.45, 7) is 0. The van der Waals surface area contributed by atoms with E-state index in [1.54, 1.807) is 0 Å². The number of benzene rings is 2. The van der Waals surface area contributed by atoms with Gasteiger partial charge in [0.25, 0.3) is 0 Å². The molecule has 2 aromatic carbocycles. The van der Waals surface area contributed by atoms with Crippen molar-refractivity contribution in [3.05, 3.63) is 84.2 Å². The van der Waals surface area contributed by atoms with Crippen molar-refractivity contribution in [3.8, 4) is 0 Å². The van der Waals surface area contributed by atoms with E-state index in [9.17, 15) is 0 Å². The second-order valence-corrected chi connectivity index (χ2v) is 4.57. The lowest BCUT2D eigenvalue weighted by Gasteiger charge is -2.05. The number of hydrogen-bond acceptors (Lipinski definition) is 3. The number of anilines is 2. The number of hydrogen-bond donors (Lipinski definition) is 1. The highest BCUT2D eigenvalue weighted by atomic mass is 15.1. The van der Waals surface area contributed by atoms with Gasteiger partial charge in [-0.1, -0.05) is 48.5 Å². The average molecular weight is 261 g/mol. The van der Waals surface area contributed by atoms with Crippen LogP contribution in [0.25, 0.3) is 0 Å². The molecular weight excluding hydrogens is 246 g/mol. The molecule has 3 nitrogen and oxygen atoms in total. The van der Waals surface area contributed by atoms with Crippen molar-refractivity contribution in [2.24, 2.45) is 0 Å². The molecule has 20 heavy (non-hydrogen) atoms. The summed E-state index contributed by atoms with van der Waals surface area (Å²) in [5.41, 5.74) is 3.36. The molecule has 1 aromatic heterocycles. The molecule has 0 spiro atoms. The van der Waals surface area contributed by atoms with E-state index in [1.807, 2.05) is 60.9 Å². The Bertz CT molecular complexity index is 588. The standard InChI is InChI=1S/C17H15N3/c1-3-7-14(8-4-1)11-15-12-18-17(19-13-15)20-16-9-5-2-6-10-16/h1-10,12-13H,11H2,(H,18,19,20). The monoisotopic (exact) mass is 261 g/mol. The van der Waals surface area contributed by atoms with Crippen LogP contribution in [0.2, 0.25) is 0 Å². The van der Waals surface area contributed by atoms with E-state index in [0.717, 1.165) is 17.7 Å². The van der Waals surface area contributed by atoms with E-state index in [1.165, 1.54) is 5.56 Å². The van der Waals surface area contributed by atoms with Gasteiger partial charge < -0.3 is 5.32 Å². The zero-order chi connectivity index (χ0) is 13.6. The van der Waals surface area contributed by atoms with Crippen molar-refractivity contribution in [2.75, 3.05) is 5.32 Å². The van der Waals surface area contributed by atoms with Gasteiger partial charge in [-0.2, -0.15) is 0 Å². The number of nitrogens with zero attached hydrogens (tertiary/aromatic N) is 2. The molecule has 98 valence electrons. The Labute approximate surface area is 118 Å². The van der Waals surface area contributed by atoms with Gasteiger partial charge in [-0.25, -0.2) is 9.97 Å². The van der Waals surface area contributed by atoms with Crippen LogP contribution >= 0.6 is 0 Å². The first-order valence-corrected chi connectivity index (χ1v) is 6.57. The molecule has 0 fully saturated rings. The Hall–Kier alpha value is -2.68. The zero-order valence-electron chi connectivity index (χ0n) is 11.0. The molecule has 3 rings (SSSR count). The van der Waals surface area contributed by atoms with Gasteiger partial charge in [0.2, 0.25) is 5.95 Å². The molecule has 0 bridgehead atoms. The highest BCUT2D eigenvalue weighted by Gasteiger charge is 1.99. The molecule has 1 heterocycles. The van der Waals surface area contributed by atoms with Crippen LogP contribution in [0.4, 0.5) is 11.6 Å². The maximum Gasteiger partial charge on any atom is 0.227 e. The fraction of sp³-hybridized carbons (Fsp3) is 0.0588. The summed E-state index contributed by atoms with van der Waals surface area (Å²) < 4.78 is 0. The van der Waals surface area contributed by atoms with E-state index >= 15 is 0 Å². The first-order chi connectivity index (χ1) is 9.90. The van der Waals surface area contributed by atoms with Crippen molar-refractivity contribution < 1.29 is 0 Å². The number of nitrogens with one attached hydrogen (secondary N) is 1. The molecule has 3 heteroatoms. The van der Waals surface area contributed by atoms with Crippen molar-refractivity contribution in [3.63, 3.8) is 0 Å². The Morgan fingerprint density at radius 2 is 1.30 bits per heavy atom. The number of aromatic nitrogens is 2. The summed E-state index contributed by atoms with van der Waals surface area (Å²) in [5.74, 6) is 0.619. The summed E-state index contributed by atoms with van der Waals surface area (Å²) in [7, 11) is 0. The predicted molar refractivity (Wildman–Crippen MR) is 81.0 cm³/mol. The predicted octanol–water partition coefficient (Wildman–Crippen LogP) is 3.81. The molecule has 0 amide bonds. The van der Waals surface area contributed by atoms with E-state index in [2.05, 4.69) is 27.4 Å². The molecule has 1 N–H and O–H groups in total. The van der Waals surface area contributed by atoms with Crippen molar-refractivity contribution in [2.45, 2.75) is 6.42 Å². The summed E-state index contributed by atoms with van der Waals surface area (Å²) in [4.78, 5) is 8.70. The van der Waals surface area contributed by atoms with Crippen molar-refractivity contribution in [1.29, 1.82) is 0 Å². The molecule has 0 aliphatic heterocycles. The molecule has 0 saturated carbocycles. The summed E-state index contributed by atoms with van der Waals surface area (Å²) in [6, 6.07) is 20.2. The fourth-order valence-corrected chi connectivity index (χ4v) is 1.99. The van der Waals surface area contributed by atoms with Gasteiger partial charge in [-0.15, -0.1) is 0 Å². The third-order valence-corrected chi connectivity index (χ3v) is 2.99. The largest absolute Gasteiger partial charge is 0.324 e. The van der Waals surface area contributed by atoms with E-state index in [-0.39, 0.29) is 0 Å². The smallest absolute Gasteiger partial charge is 0.227 e. The molecule has 0 aliphatic rings. The Morgan fingerprint density at radius 1 is 0.700 bits per heavy atom. The van der Waals surface area contributed by atoms with Crippen LogP contribution < -0.4 is 5.32 Å². The van der Waals surface area contributed by atoms with E-state index < -0.39 is 0 Å². The highest BCUT2D eigenvalue weighted by Crippen LogP contribution is 2.12. The van der Waals surface area contributed by atoms with Crippen LogP contribution in [0.15, 0.2) is 73.1 Å². The van der Waals surface area contributed by atoms with Gasteiger partial charge in [0.05, 0.1) is 0 Å². The Kier molecular flexibility index (Phi) is 3.69. The van der Waals surface area contributed by atoms with Crippen LogP contribution in [0.3, 0.4) is 0 Å². The number of para-hydroxylation sites is 1. The van der Waals surface area contributed by atoms with Crippen LogP contribution in [-0.2, 0) is 6.42 Å². The maximum absolute atomic E-state index is 4.35. The topological polar surface area (TPSA) is 37.8 Å². The summed E-state index contributed by atoms with van der Waals surface area (Å²) in [6.07, 6.45) is 4.59. The third-order valence-electron chi connectivity index (χ3n) is 2.99. The minimum absolute atomic E-state index is 0.619. The van der Waals surface area contributed by atoms with Crippen molar-refractivity contribution in [1.82, 2.24) is 9.97 Å². The quantitative estimate of drug-likeness (QED) is 0.776. The highest BCUT2D eigenvalue weighted by molar-refractivity contribution is 5.52. The molecule has 0 radical (unpaired) electrons. The second-order valence-electron chi connectivity index (χ2n) is 4.57. The normalized spacial score (nSPS) is 10.2. The average Bonchev–Trinajstić information content (AvgIpc) is 2.51. The fourth-order valence-electron chi connectivity index (χ4n) is 1.99. The summed E-state index contributed by atoms with van der Waals surface area (Å²) >= 11 is 0. The Morgan fingerprint density at radius 3 is 1.95 bits per heavy atom. The molecular formula is C17H15N3. The van der Waals surface area contributed by atoms with E-state index in [4.69, 9.17) is 0 Å². The lowest BCUT2D eigenvalue weighted by molar-refractivity contribution is 1.07. The lowest BCUT2D eigenvalue weighted by atomic mass is 10.1. The van der Waals surface area contributed by atoms with E-state index in [0.29, 0.717) is 5.95 Å². The van der Waals surface area contributed by atoms with Gasteiger partial charge in [0.1, 0.15) is 0 Å². The zero-order valence-corrected chi connectivity index (χ0v) is 11.0. The number of rotatable bonds is 4. The Balaban J connectivity index is 1.69. The van der Waals surface area contributed by atoms with Crippen LogP contribution in [0.1, 0.15) is 11.1 Å². The van der Waals surface area contributed by atoms with Crippen LogP contribution in [-0.4, -0.2) is 9.97 Å². The third kappa shape index (κ3) is 3.20. The minimum atomic E-state index is 0.619. The minimum Gasteiger partial charge on any atom is -0.324 e. The SMILES string of the molecule is c1ccc(Cc2cnc(Nc3ccccc3)nc2)cc1.